The van der Waals surface area contributed by atoms with Crippen LogP contribution in [-0.2, 0) is 14.0 Å². The third-order valence-corrected chi connectivity index (χ3v) is 4.71. The molecule has 0 amide bonds. The molecular weight excluding hydrogens is 215 g/mol. The maximum Gasteiger partial charge on any atom is 0.461 e. The summed E-state index contributed by atoms with van der Waals surface area (Å²) in [5.41, 5.74) is -0.397. The van der Waals surface area contributed by atoms with E-state index in [4.69, 9.17) is 14.0 Å². The molecule has 2 aliphatic rings. The van der Waals surface area contributed by atoms with Gasteiger partial charge in [0.1, 0.15) is 0 Å². The van der Waals surface area contributed by atoms with Crippen molar-refractivity contribution < 1.29 is 14.0 Å². The highest BCUT2D eigenvalue weighted by atomic mass is 16.7. The summed E-state index contributed by atoms with van der Waals surface area (Å²) in [4.78, 5) is 0. The Balaban J connectivity index is 1.94. The fourth-order valence-electron chi connectivity index (χ4n) is 2.68. The van der Waals surface area contributed by atoms with Gasteiger partial charge in [0.15, 0.2) is 0 Å². The van der Waals surface area contributed by atoms with E-state index in [1.54, 1.807) is 7.11 Å². The fraction of sp³-hybridized carbons (Fsp3) is 1.00. The van der Waals surface area contributed by atoms with E-state index >= 15 is 0 Å². The van der Waals surface area contributed by atoms with Crippen LogP contribution in [0.4, 0.5) is 0 Å². The van der Waals surface area contributed by atoms with Crippen LogP contribution >= 0.6 is 0 Å². The number of hydrogen-bond acceptors (Lipinski definition) is 3. The summed E-state index contributed by atoms with van der Waals surface area (Å²) >= 11 is 0. The predicted octanol–water partition coefficient (Wildman–Crippen LogP) is 3.04. The smallest absolute Gasteiger partial charge is 0.403 e. The second-order valence-corrected chi connectivity index (χ2v) is 6.40. The molecule has 2 fully saturated rings. The Morgan fingerprint density at radius 1 is 0.941 bits per heavy atom. The highest BCUT2D eigenvalue weighted by Gasteiger charge is 2.53. The standard InChI is InChI=1S/C13H25BO3/c1-12(2)13(3,4)17-14(16-12)10-6-8-11(15-5)9-7-10/h10-11H,6-9H2,1-5H3. The number of rotatable bonds is 2. The van der Waals surface area contributed by atoms with Crippen molar-refractivity contribution in [3.63, 3.8) is 0 Å². The molecule has 0 aromatic heterocycles. The van der Waals surface area contributed by atoms with Crippen molar-refractivity contribution in [3.05, 3.63) is 0 Å². The van der Waals surface area contributed by atoms with E-state index in [0.29, 0.717) is 11.9 Å². The van der Waals surface area contributed by atoms with E-state index in [0.717, 1.165) is 25.7 Å². The number of methoxy groups -OCH3 is 1. The molecule has 1 aliphatic carbocycles. The third-order valence-electron chi connectivity index (χ3n) is 4.71. The SMILES string of the molecule is COC1CCC(B2OC(C)(C)C(C)(C)O2)CC1. The Bertz CT molecular complexity index is 254. The van der Waals surface area contributed by atoms with Gasteiger partial charge in [0.05, 0.1) is 17.3 Å². The van der Waals surface area contributed by atoms with Gasteiger partial charge in [-0.2, -0.15) is 0 Å². The molecule has 1 heterocycles. The molecule has 0 bridgehead atoms. The van der Waals surface area contributed by atoms with Gasteiger partial charge in [0, 0.05) is 7.11 Å². The van der Waals surface area contributed by atoms with Crippen molar-refractivity contribution in [3.8, 4) is 0 Å². The van der Waals surface area contributed by atoms with E-state index in [1.165, 1.54) is 0 Å². The summed E-state index contributed by atoms with van der Waals surface area (Å²) in [6.07, 6.45) is 5.00. The Labute approximate surface area is 105 Å². The molecule has 17 heavy (non-hydrogen) atoms. The molecule has 1 aliphatic heterocycles. The maximum absolute atomic E-state index is 6.11. The largest absolute Gasteiger partial charge is 0.461 e. The Morgan fingerprint density at radius 3 is 1.82 bits per heavy atom. The average molecular weight is 240 g/mol. The van der Waals surface area contributed by atoms with Gasteiger partial charge in [-0.3, -0.25) is 0 Å². The minimum atomic E-state index is -0.199. The lowest BCUT2D eigenvalue weighted by atomic mass is 9.64. The first kappa shape index (κ1) is 13.4. The zero-order chi connectivity index (χ0) is 12.7. The second kappa shape index (κ2) is 4.56. The minimum absolute atomic E-state index is 0.0298. The summed E-state index contributed by atoms with van der Waals surface area (Å²) in [6, 6.07) is 0. The summed E-state index contributed by atoms with van der Waals surface area (Å²) in [6.45, 7) is 8.48. The van der Waals surface area contributed by atoms with Crippen LogP contribution in [0.3, 0.4) is 0 Å². The zero-order valence-corrected chi connectivity index (χ0v) is 11.8. The molecule has 3 nitrogen and oxygen atoms in total. The van der Waals surface area contributed by atoms with Crippen LogP contribution in [0.25, 0.3) is 0 Å². The molecule has 0 aromatic carbocycles. The summed E-state index contributed by atoms with van der Waals surface area (Å²) in [5.74, 6) is 0.530. The van der Waals surface area contributed by atoms with E-state index in [1.807, 2.05) is 0 Å². The molecule has 98 valence electrons. The third kappa shape index (κ3) is 2.54. The Kier molecular flexibility index (Phi) is 3.59. The molecule has 0 atom stereocenters. The first-order valence-corrected chi connectivity index (χ1v) is 6.74. The van der Waals surface area contributed by atoms with Gasteiger partial charge in [-0.05, 0) is 59.2 Å². The topological polar surface area (TPSA) is 27.7 Å². The minimum Gasteiger partial charge on any atom is -0.403 e. The van der Waals surface area contributed by atoms with Gasteiger partial charge in [0.2, 0.25) is 0 Å². The van der Waals surface area contributed by atoms with E-state index in [9.17, 15) is 0 Å². The monoisotopic (exact) mass is 240 g/mol. The second-order valence-electron chi connectivity index (χ2n) is 6.40. The maximum atomic E-state index is 6.11. The average Bonchev–Trinajstić information content (AvgIpc) is 2.48. The normalized spacial score (nSPS) is 36.2. The summed E-state index contributed by atoms with van der Waals surface area (Å²) in [7, 11) is 1.78. The molecule has 0 radical (unpaired) electrons. The van der Waals surface area contributed by atoms with Crippen LogP contribution in [0.5, 0.6) is 0 Å². The van der Waals surface area contributed by atoms with Crippen LogP contribution < -0.4 is 0 Å². The molecule has 4 heteroatoms. The van der Waals surface area contributed by atoms with Crippen molar-refractivity contribution >= 4 is 7.12 Å². The first-order valence-electron chi connectivity index (χ1n) is 6.74. The van der Waals surface area contributed by atoms with Crippen molar-refractivity contribution in [2.45, 2.75) is 76.5 Å². The fourth-order valence-corrected chi connectivity index (χ4v) is 2.68. The van der Waals surface area contributed by atoms with Crippen molar-refractivity contribution in [2.75, 3.05) is 7.11 Å². The van der Waals surface area contributed by atoms with Crippen molar-refractivity contribution in [1.82, 2.24) is 0 Å². The lowest BCUT2D eigenvalue weighted by molar-refractivity contribution is 0.00578. The van der Waals surface area contributed by atoms with Gasteiger partial charge in [-0.15, -0.1) is 0 Å². The van der Waals surface area contributed by atoms with Crippen LogP contribution in [0.15, 0.2) is 0 Å². The molecule has 2 rings (SSSR count). The summed E-state index contributed by atoms with van der Waals surface area (Å²) < 4.78 is 17.6. The molecule has 0 aromatic rings. The van der Waals surface area contributed by atoms with Gasteiger partial charge < -0.3 is 14.0 Å². The highest BCUT2D eigenvalue weighted by molar-refractivity contribution is 6.47. The van der Waals surface area contributed by atoms with Gasteiger partial charge in [-0.1, -0.05) is 0 Å². The van der Waals surface area contributed by atoms with Crippen molar-refractivity contribution in [1.29, 1.82) is 0 Å². The first-order chi connectivity index (χ1) is 7.86. The molecule has 0 N–H and O–H groups in total. The lowest BCUT2D eigenvalue weighted by Gasteiger charge is -2.32. The molecular formula is C13H25BO3. The van der Waals surface area contributed by atoms with Crippen LogP contribution in [-0.4, -0.2) is 31.5 Å². The lowest BCUT2D eigenvalue weighted by Crippen LogP contribution is -2.41. The molecule has 1 saturated carbocycles. The Morgan fingerprint density at radius 2 is 1.41 bits per heavy atom. The number of ether oxygens (including phenoxy) is 1. The molecule has 1 saturated heterocycles. The quantitative estimate of drug-likeness (QED) is 0.694. The Hall–Kier alpha value is -0.0551. The van der Waals surface area contributed by atoms with E-state index in [2.05, 4.69) is 27.7 Å². The van der Waals surface area contributed by atoms with Gasteiger partial charge in [-0.25, -0.2) is 0 Å². The molecule has 0 spiro atoms. The van der Waals surface area contributed by atoms with Crippen LogP contribution in [0, 0.1) is 0 Å². The van der Waals surface area contributed by atoms with Crippen molar-refractivity contribution in [2.24, 2.45) is 0 Å². The van der Waals surface area contributed by atoms with Crippen LogP contribution in [0.2, 0.25) is 5.82 Å². The highest BCUT2D eigenvalue weighted by Crippen LogP contribution is 2.44. The predicted molar refractivity (Wildman–Crippen MR) is 69.1 cm³/mol. The van der Waals surface area contributed by atoms with Gasteiger partial charge >= 0.3 is 7.12 Å². The van der Waals surface area contributed by atoms with E-state index < -0.39 is 0 Å². The molecule has 0 unspecified atom stereocenters. The van der Waals surface area contributed by atoms with E-state index in [-0.39, 0.29) is 18.3 Å². The van der Waals surface area contributed by atoms with Gasteiger partial charge in [0.25, 0.3) is 0 Å². The van der Waals surface area contributed by atoms with Crippen LogP contribution in [0.1, 0.15) is 53.4 Å². The summed E-state index contributed by atoms with van der Waals surface area (Å²) in [5, 5.41) is 0. The number of hydrogen-bond donors (Lipinski definition) is 0. The zero-order valence-electron chi connectivity index (χ0n) is 11.8.